The summed E-state index contributed by atoms with van der Waals surface area (Å²) in [6, 6.07) is 8.22. The van der Waals surface area contributed by atoms with Gasteiger partial charge in [0, 0.05) is 42.6 Å². The number of rotatable bonds is 4. The van der Waals surface area contributed by atoms with E-state index in [9.17, 15) is 0 Å². The van der Waals surface area contributed by atoms with Crippen LogP contribution in [0.2, 0.25) is 0 Å². The van der Waals surface area contributed by atoms with Crippen LogP contribution >= 0.6 is 0 Å². The number of pyridine rings is 1. The summed E-state index contributed by atoms with van der Waals surface area (Å²) in [7, 11) is 0. The summed E-state index contributed by atoms with van der Waals surface area (Å²) in [4.78, 5) is 19.2. The molecule has 1 aromatic carbocycles. The first-order chi connectivity index (χ1) is 14.8. The number of nitrogens with two attached hydrogens (primary N) is 1. The largest absolute Gasteiger partial charge is 0.382 e. The van der Waals surface area contributed by atoms with Crippen LogP contribution in [0.5, 0.6) is 0 Å². The van der Waals surface area contributed by atoms with E-state index in [1.165, 1.54) is 0 Å². The van der Waals surface area contributed by atoms with Crippen LogP contribution in [0.25, 0.3) is 22.0 Å². The zero-order valence-electron chi connectivity index (χ0n) is 16.2. The third kappa shape index (κ3) is 3.58. The van der Waals surface area contributed by atoms with Gasteiger partial charge in [0.05, 0.1) is 36.8 Å². The highest BCUT2D eigenvalue weighted by molar-refractivity contribution is 6.08. The normalized spacial score (nSPS) is 14.9. The Morgan fingerprint density at radius 3 is 2.77 bits per heavy atom. The highest BCUT2D eigenvalue weighted by atomic mass is 16.5. The monoisotopic (exact) mass is 400 g/mol. The molecule has 0 bridgehead atoms. The first kappa shape index (κ1) is 18.2. The van der Waals surface area contributed by atoms with Crippen LogP contribution in [-0.2, 0) is 4.74 Å². The minimum Gasteiger partial charge on any atom is -0.382 e. The number of fused-ring (bicyclic) bond motifs is 1. The van der Waals surface area contributed by atoms with E-state index in [0.717, 1.165) is 54.0 Å². The molecule has 4 aromatic rings. The number of H-pyrrole nitrogens is 1. The van der Waals surface area contributed by atoms with Gasteiger partial charge in [-0.1, -0.05) is 6.07 Å². The van der Waals surface area contributed by atoms with Gasteiger partial charge in [0.2, 0.25) is 0 Å². The van der Waals surface area contributed by atoms with Crippen molar-refractivity contribution in [2.45, 2.75) is 0 Å². The molecule has 1 aliphatic rings. The second-order valence-corrected chi connectivity index (χ2v) is 6.92. The molecule has 9 nitrogen and oxygen atoms in total. The van der Waals surface area contributed by atoms with Gasteiger partial charge in [-0.2, -0.15) is 5.10 Å². The van der Waals surface area contributed by atoms with E-state index in [-0.39, 0.29) is 5.84 Å². The molecule has 4 heterocycles. The summed E-state index contributed by atoms with van der Waals surface area (Å²) in [5, 5.41) is 8.25. The van der Waals surface area contributed by atoms with E-state index in [1.807, 2.05) is 30.6 Å². The van der Waals surface area contributed by atoms with Crippen molar-refractivity contribution in [3.63, 3.8) is 0 Å². The fraction of sp³-hybridized carbons (Fsp3) is 0.190. The number of anilines is 1. The second kappa shape index (κ2) is 7.88. The number of aliphatic imine (C=N–C) groups is 1. The highest BCUT2D eigenvalue weighted by Gasteiger charge is 2.14. The first-order valence-corrected chi connectivity index (χ1v) is 9.65. The van der Waals surface area contributed by atoms with E-state index in [4.69, 9.17) is 10.5 Å². The summed E-state index contributed by atoms with van der Waals surface area (Å²) < 4.78 is 5.45. The molecule has 9 heteroatoms. The van der Waals surface area contributed by atoms with Gasteiger partial charge in [-0.05, 0) is 23.8 Å². The summed E-state index contributed by atoms with van der Waals surface area (Å²) in [5.41, 5.74) is 10.8. The van der Waals surface area contributed by atoms with Gasteiger partial charge < -0.3 is 15.4 Å². The number of nitrogens with zero attached hydrogens (tertiary/aromatic N) is 6. The number of nitrogens with one attached hydrogen (secondary N) is 1. The van der Waals surface area contributed by atoms with Crippen molar-refractivity contribution < 1.29 is 4.74 Å². The Hall–Kier alpha value is -3.85. The Labute approximate surface area is 172 Å². The number of hydrogen-bond acceptors (Lipinski definition) is 7. The molecule has 5 rings (SSSR count). The van der Waals surface area contributed by atoms with Crippen molar-refractivity contribution in [2.75, 3.05) is 31.2 Å². The van der Waals surface area contributed by atoms with Crippen molar-refractivity contribution in [3.05, 3.63) is 60.9 Å². The van der Waals surface area contributed by atoms with Crippen molar-refractivity contribution in [3.8, 4) is 11.1 Å². The quantitative estimate of drug-likeness (QED) is 0.398. The van der Waals surface area contributed by atoms with Crippen molar-refractivity contribution in [2.24, 2.45) is 10.7 Å². The number of aromatic nitrogens is 5. The van der Waals surface area contributed by atoms with Crippen LogP contribution in [0.15, 0.2) is 60.2 Å². The average molecular weight is 400 g/mol. The molecule has 3 aromatic heterocycles. The third-order valence-electron chi connectivity index (χ3n) is 5.02. The molecule has 0 amide bonds. The summed E-state index contributed by atoms with van der Waals surface area (Å²) in [5.74, 6) is 0.712. The lowest BCUT2D eigenvalue weighted by atomic mass is 10.0. The van der Waals surface area contributed by atoms with Crippen LogP contribution in [-0.4, -0.2) is 57.3 Å². The number of ether oxygens (including phenoxy) is 1. The van der Waals surface area contributed by atoms with Crippen molar-refractivity contribution in [1.82, 2.24) is 25.1 Å². The van der Waals surface area contributed by atoms with Gasteiger partial charge in [0.25, 0.3) is 0 Å². The molecule has 0 unspecified atom stereocenters. The zero-order chi connectivity index (χ0) is 20.3. The number of benzene rings is 1. The molecule has 1 fully saturated rings. The smallest absolute Gasteiger partial charge is 0.172 e. The maximum absolute atomic E-state index is 6.22. The van der Waals surface area contributed by atoms with Crippen LogP contribution < -0.4 is 10.6 Å². The van der Waals surface area contributed by atoms with E-state index < -0.39 is 0 Å². The number of amidine groups is 1. The van der Waals surface area contributed by atoms with Gasteiger partial charge >= 0.3 is 0 Å². The second-order valence-electron chi connectivity index (χ2n) is 6.92. The lowest BCUT2D eigenvalue weighted by Crippen LogP contribution is -2.36. The first-order valence-electron chi connectivity index (χ1n) is 9.65. The van der Waals surface area contributed by atoms with Gasteiger partial charge in [0.15, 0.2) is 11.7 Å². The molecule has 3 N–H and O–H groups in total. The predicted molar refractivity (Wildman–Crippen MR) is 115 cm³/mol. The molecule has 150 valence electrons. The lowest BCUT2D eigenvalue weighted by Gasteiger charge is -2.28. The Kier molecular flexibility index (Phi) is 4.78. The molecule has 0 radical (unpaired) electrons. The molecular weight excluding hydrogens is 380 g/mol. The Morgan fingerprint density at radius 2 is 1.93 bits per heavy atom. The van der Waals surface area contributed by atoms with Gasteiger partial charge in [-0.15, -0.1) is 0 Å². The summed E-state index contributed by atoms with van der Waals surface area (Å²) in [6.45, 7) is 3.20. The third-order valence-corrected chi connectivity index (χ3v) is 5.02. The van der Waals surface area contributed by atoms with E-state index in [1.54, 1.807) is 18.6 Å². The number of morpholine rings is 1. The minimum atomic E-state index is 0.277. The van der Waals surface area contributed by atoms with Crippen LogP contribution in [0.4, 0.5) is 11.5 Å². The standard InChI is InChI=1S/C21H20N8O/c22-21(26-19-13-23-3-4-25-19)20-17-10-14(1-2-18(17)27-28-20)15-9-16(12-24-11-15)29-5-7-30-8-6-29/h1-4,9-13H,5-8H2,(H,27,28)(H2,22,25,26). The summed E-state index contributed by atoms with van der Waals surface area (Å²) in [6.07, 6.45) is 8.46. The molecule has 0 spiro atoms. The minimum absolute atomic E-state index is 0.277. The molecule has 0 atom stereocenters. The zero-order valence-corrected chi connectivity index (χ0v) is 16.2. The lowest BCUT2D eigenvalue weighted by molar-refractivity contribution is 0.122. The van der Waals surface area contributed by atoms with Crippen molar-refractivity contribution in [1.29, 1.82) is 0 Å². The highest BCUT2D eigenvalue weighted by Crippen LogP contribution is 2.28. The van der Waals surface area contributed by atoms with Gasteiger partial charge in [0.1, 0.15) is 5.69 Å². The maximum Gasteiger partial charge on any atom is 0.172 e. The predicted octanol–water partition coefficient (Wildman–Crippen LogP) is 2.29. The van der Waals surface area contributed by atoms with Crippen LogP contribution in [0.1, 0.15) is 5.69 Å². The molecule has 0 saturated carbocycles. The maximum atomic E-state index is 6.22. The fourth-order valence-corrected chi connectivity index (χ4v) is 3.49. The van der Waals surface area contributed by atoms with Gasteiger partial charge in [-0.3, -0.25) is 15.1 Å². The Bertz CT molecular complexity index is 1200. The molecule has 1 saturated heterocycles. The number of aromatic amines is 1. The van der Waals surface area contributed by atoms with E-state index in [0.29, 0.717) is 11.5 Å². The number of hydrogen-bond donors (Lipinski definition) is 2. The molecule has 1 aliphatic heterocycles. The SMILES string of the molecule is NC(=Nc1cnccn1)c1n[nH]c2ccc(-c3cncc(N4CCOCC4)c3)cc12. The molecular formula is C21H20N8O. The topological polar surface area (TPSA) is 118 Å². The Morgan fingerprint density at radius 1 is 1.03 bits per heavy atom. The van der Waals surface area contributed by atoms with Crippen LogP contribution in [0, 0.1) is 0 Å². The van der Waals surface area contributed by atoms with Gasteiger partial charge in [-0.25, -0.2) is 9.98 Å². The summed E-state index contributed by atoms with van der Waals surface area (Å²) >= 11 is 0. The van der Waals surface area contributed by atoms with E-state index in [2.05, 4.69) is 41.1 Å². The van der Waals surface area contributed by atoms with Crippen molar-refractivity contribution >= 4 is 28.2 Å². The molecule has 30 heavy (non-hydrogen) atoms. The fourth-order valence-electron chi connectivity index (χ4n) is 3.49. The Balaban J connectivity index is 1.51. The van der Waals surface area contributed by atoms with E-state index >= 15 is 0 Å². The average Bonchev–Trinajstić information content (AvgIpc) is 3.24. The molecule has 0 aliphatic carbocycles. The van der Waals surface area contributed by atoms with Crippen LogP contribution in [0.3, 0.4) is 0 Å².